The maximum absolute atomic E-state index is 13.0. The van der Waals surface area contributed by atoms with Crippen molar-refractivity contribution in [3.05, 3.63) is 95.6 Å². The van der Waals surface area contributed by atoms with Gasteiger partial charge in [0.25, 0.3) is 5.91 Å². The molecule has 0 saturated heterocycles. The third-order valence-corrected chi connectivity index (χ3v) is 6.98. The second-order valence-corrected chi connectivity index (χ2v) is 9.66. The average Bonchev–Trinajstić information content (AvgIpc) is 3.26. The topological polar surface area (TPSA) is 49.4 Å². The number of para-hydroxylation sites is 1. The van der Waals surface area contributed by atoms with Crippen LogP contribution in [-0.2, 0) is 16.6 Å². The lowest BCUT2D eigenvalue weighted by Gasteiger charge is -2.26. The highest BCUT2D eigenvalue weighted by Crippen LogP contribution is 2.30. The Morgan fingerprint density at radius 3 is 2.44 bits per heavy atom. The first-order valence-electron chi connectivity index (χ1n) is 10.9. The van der Waals surface area contributed by atoms with Crippen LogP contribution < -0.4 is 10.2 Å². The van der Waals surface area contributed by atoms with Crippen LogP contribution in [0.15, 0.2) is 83.8 Å². The minimum absolute atomic E-state index is 0.0698. The van der Waals surface area contributed by atoms with Crippen LogP contribution in [0, 0.1) is 0 Å². The van der Waals surface area contributed by atoms with Crippen molar-refractivity contribution in [2.75, 3.05) is 23.7 Å². The lowest BCUT2D eigenvalue weighted by molar-refractivity contribution is -0.116. The van der Waals surface area contributed by atoms with Crippen LogP contribution in [0.2, 0.25) is 0 Å². The number of hydrogen-bond donors (Lipinski definition) is 1. The smallest absolute Gasteiger partial charge is 0.252 e. The van der Waals surface area contributed by atoms with Gasteiger partial charge in [-0.15, -0.1) is 11.8 Å². The number of amides is 2. The van der Waals surface area contributed by atoms with Gasteiger partial charge in [-0.05, 0) is 35.7 Å². The van der Waals surface area contributed by atoms with Gasteiger partial charge < -0.3 is 10.2 Å². The quantitative estimate of drug-likeness (QED) is 0.517. The zero-order chi connectivity index (χ0) is 22.6. The van der Waals surface area contributed by atoms with E-state index >= 15 is 0 Å². The maximum Gasteiger partial charge on any atom is 0.252 e. The van der Waals surface area contributed by atoms with Gasteiger partial charge in [-0.1, -0.05) is 74.5 Å². The van der Waals surface area contributed by atoms with Gasteiger partial charge in [-0.3, -0.25) is 9.59 Å². The van der Waals surface area contributed by atoms with Crippen molar-refractivity contribution in [2.45, 2.75) is 30.6 Å². The molecule has 2 amide bonds. The van der Waals surface area contributed by atoms with E-state index in [-0.39, 0.29) is 17.2 Å². The maximum atomic E-state index is 13.0. The number of carbonyl (C=O) groups excluding carboxylic acids is 2. The number of hydrogen-bond acceptors (Lipinski definition) is 3. The molecule has 1 heterocycles. The van der Waals surface area contributed by atoms with Crippen molar-refractivity contribution in [1.82, 2.24) is 5.32 Å². The van der Waals surface area contributed by atoms with Gasteiger partial charge in [0.05, 0.1) is 11.3 Å². The second kappa shape index (κ2) is 9.61. The van der Waals surface area contributed by atoms with Gasteiger partial charge in [0, 0.05) is 29.1 Å². The van der Waals surface area contributed by atoms with Gasteiger partial charge in [0.2, 0.25) is 5.91 Å². The second-order valence-electron chi connectivity index (χ2n) is 8.64. The molecule has 32 heavy (non-hydrogen) atoms. The van der Waals surface area contributed by atoms with Crippen molar-refractivity contribution < 1.29 is 9.59 Å². The molecule has 3 aromatic carbocycles. The Labute approximate surface area is 194 Å². The number of nitrogens with zero attached hydrogens (tertiary/aromatic N) is 1. The average molecular weight is 445 g/mol. The van der Waals surface area contributed by atoms with Crippen LogP contribution in [0.4, 0.5) is 5.69 Å². The molecule has 3 aromatic rings. The van der Waals surface area contributed by atoms with Crippen LogP contribution in [0.5, 0.6) is 0 Å². The number of carbonyl (C=O) groups is 2. The molecule has 0 aliphatic carbocycles. The molecule has 4 rings (SSSR count). The van der Waals surface area contributed by atoms with Crippen molar-refractivity contribution in [3.63, 3.8) is 0 Å². The fourth-order valence-electron chi connectivity index (χ4n) is 3.98. The van der Waals surface area contributed by atoms with Gasteiger partial charge in [0.15, 0.2) is 0 Å². The van der Waals surface area contributed by atoms with Crippen molar-refractivity contribution >= 4 is 29.3 Å². The standard InChI is InChI=1S/C27H28N2O2S/c1-27(2,21-11-4-3-5-12-21)19-28-26(31)22-13-7-9-15-24(22)32-18-25(30)29-17-16-20-10-6-8-14-23(20)29/h3-15H,16-19H2,1-2H3,(H,28,31). The summed E-state index contributed by atoms with van der Waals surface area (Å²) in [6.45, 7) is 5.49. The molecule has 5 heteroatoms. The van der Waals surface area contributed by atoms with Gasteiger partial charge in [-0.2, -0.15) is 0 Å². The third kappa shape index (κ3) is 4.89. The molecule has 0 fully saturated rings. The molecule has 0 unspecified atom stereocenters. The highest BCUT2D eigenvalue weighted by atomic mass is 32.2. The summed E-state index contributed by atoms with van der Waals surface area (Å²) < 4.78 is 0. The highest BCUT2D eigenvalue weighted by molar-refractivity contribution is 8.00. The highest BCUT2D eigenvalue weighted by Gasteiger charge is 2.25. The SMILES string of the molecule is CC(C)(CNC(=O)c1ccccc1SCC(=O)N1CCc2ccccc21)c1ccccc1. The number of nitrogens with one attached hydrogen (secondary N) is 1. The van der Waals surface area contributed by atoms with E-state index < -0.39 is 0 Å². The van der Waals surface area contributed by atoms with Crippen LogP contribution in [0.25, 0.3) is 0 Å². The first-order chi connectivity index (χ1) is 15.5. The molecular formula is C27H28N2O2S. The Hall–Kier alpha value is -3.05. The number of anilines is 1. The third-order valence-electron chi connectivity index (χ3n) is 5.92. The number of fused-ring (bicyclic) bond motifs is 1. The van der Waals surface area contributed by atoms with Gasteiger partial charge in [-0.25, -0.2) is 0 Å². The minimum atomic E-state index is -0.182. The van der Waals surface area contributed by atoms with E-state index in [4.69, 9.17) is 0 Å². The van der Waals surface area contributed by atoms with Crippen LogP contribution in [-0.4, -0.2) is 30.7 Å². The number of benzene rings is 3. The van der Waals surface area contributed by atoms with Crippen molar-refractivity contribution in [3.8, 4) is 0 Å². The van der Waals surface area contributed by atoms with Crippen LogP contribution >= 0.6 is 11.8 Å². The molecule has 0 spiro atoms. The predicted molar refractivity (Wildman–Crippen MR) is 131 cm³/mol. The summed E-state index contributed by atoms with van der Waals surface area (Å²) in [6, 6.07) is 25.7. The van der Waals surface area contributed by atoms with Crippen LogP contribution in [0.3, 0.4) is 0 Å². The Morgan fingerprint density at radius 2 is 1.62 bits per heavy atom. The first-order valence-corrected chi connectivity index (χ1v) is 11.9. The summed E-state index contributed by atoms with van der Waals surface area (Å²) >= 11 is 1.42. The van der Waals surface area contributed by atoms with E-state index in [0.29, 0.717) is 17.9 Å². The summed E-state index contributed by atoms with van der Waals surface area (Å²) in [7, 11) is 0. The molecule has 0 bridgehead atoms. The molecule has 0 aromatic heterocycles. The normalized spacial score (nSPS) is 13.0. The zero-order valence-electron chi connectivity index (χ0n) is 18.5. The molecule has 164 valence electrons. The first kappa shape index (κ1) is 22.2. The molecule has 0 saturated carbocycles. The Bertz CT molecular complexity index is 1110. The molecule has 1 aliphatic rings. The van der Waals surface area contributed by atoms with Gasteiger partial charge >= 0.3 is 0 Å². The van der Waals surface area contributed by atoms with E-state index in [0.717, 1.165) is 23.5 Å². The Morgan fingerprint density at radius 1 is 0.938 bits per heavy atom. The molecule has 4 nitrogen and oxygen atoms in total. The predicted octanol–water partition coefficient (Wildman–Crippen LogP) is 5.08. The summed E-state index contributed by atoms with van der Waals surface area (Å²) in [4.78, 5) is 28.5. The minimum Gasteiger partial charge on any atom is -0.351 e. The summed E-state index contributed by atoms with van der Waals surface area (Å²) in [5.74, 6) is 0.255. The number of rotatable bonds is 7. The van der Waals surface area contributed by atoms with Crippen LogP contribution in [0.1, 0.15) is 35.3 Å². The van der Waals surface area contributed by atoms with E-state index in [1.165, 1.54) is 22.9 Å². The van der Waals surface area contributed by atoms with Crippen molar-refractivity contribution in [1.29, 1.82) is 0 Å². The Balaban J connectivity index is 1.39. The number of thioether (sulfide) groups is 1. The lowest BCUT2D eigenvalue weighted by Crippen LogP contribution is -2.36. The molecule has 1 N–H and O–H groups in total. The molecule has 0 atom stereocenters. The lowest BCUT2D eigenvalue weighted by atomic mass is 9.84. The fraction of sp³-hybridized carbons (Fsp3) is 0.259. The monoisotopic (exact) mass is 444 g/mol. The molecule has 1 aliphatic heterocycles. The molecular weight excluding hydrogens is 416 g/mol. The van der Waals surface area contributed by atoms with E-state index in [1.807, 2.05) is 65.6 Å². The van der Waals surface area contributed by atoms with E-state index in [9.17, 15) is 9.59 Å². The summed E-state index contributed by atoms with van der Waals surface area (Å²) in [6.07, 6.45) is 0.892. The zero-order valence-corrected chi connectivity index (χ0v) is 19.3. The molecule has 0 radical (unpaired) electrons. The Kier molecular flexibility index (Phi) is 6.66. The van der Waals surface area contributed by atoms with Gasteiger partial charge in [0.1, 0.15) is 0 Å². The van der Waals surface area contributed by atoms with E-state index in [2.05, 4.69) is 37.4 Å². The fourth-order valence-corrected chi connectivity index (χ4v) is 4.91. The van der Waals surface area contributed by atoms with E-state index in [1.54, 1.807) is 0 Å². The van der Waals surface area contributed by atoms with Crippen molar-refractivity contribution in [2.24, 2.45) is 0 Å². The summed E-state index contributed by atoms with van der Waals surface area (Å²) in [5.41, 5.74) is 3.83. The summed E-state index contributed by atoms with van der Waals surface area (Å²) in [5, 5.41) is 3.09. The largest absolute Gasteiger partial charge is 0.351 e.